The number of rotatable bonds is 2. The van der Waals surface area contributed by atoms with Gasteiger partial charge in [-0.1, -0.05) is 0 Å². The molecule has 0 aromatic rings. The van der Waals surface area contributed by atoms with Crippen LogP contribution in [-0.4, -0.2) is 38.6 Å². The smallest absolute Gasteiger partial charge is 0.211 e. The molecule has 4 nitrogen and oxygen atoms in total. The van der Waals surface area contributed by atoms with Gasteiger partial charge in [-0.3, -0.25) is 0 Å². The van der Waals surface area contributed by atoms with Crippen molar-refractivity contribution in [1.82, 2.24) is 4.31 Å². The van der Waals surface area contributed by atoms with Gasteiger partial charge < -0.3 is 5.73 Å². The molecule has 1 heterocycles. The minimum absolute atomic E-state index is 0. The molecule has 6 heteroatoms. The Balaban J connectivity index is 0.00000121. The van der Waals surface area contributed by atoms with E-state index in [1.165, 1.54) is 10.6 Å². The minimum atomic E-state index is -2.97. The number of hydrogen-bond acceptors (Lipinski definition) is 3. The Kier molecular flexibility index (Phi) is 4.47. The maximum absolute atomic E-state index is 11.0. The van der Waals surface area contributed by atoms with Gasteiger partial charge in [-0.05, 0) is 18.9 Å². The molecular weight excluding hydrogens is 200 g/mol. The van der Waals surface area contributed by atoms with Gasteiger partial charge in [0.05, 0.1) is 6.26 Å². The van der Waals surface area contributed by atoms with E-state index in [4.69, 9.17) is 5.73 Å². The van der Waals surface area contributed by atoms with Gasteiger partial charge in [-0.2, -0.15) is 0 Å². The molecule has 1 fully saturated rings. The molecule has 0 radical (unpaired) electrons. The highest BCUT2D eigenvalue weighted by Gasteiger charge is 2.27. The van der Waals surface area contributed by atoms with E-state index in [2.05, 4.69) is 0 Å². The van der Waals surface area contributed by atoms with Crippen LogP contribution in [0.1, 0.15) is 6.42 Å². The van der Waals surface area contributed by atoms with E-state index in [0.717, 1.165) is 6.42 Å². The predicted molar refractivity (Wildman–Crippen MR) is 50.8 cm³/mol. The van der Waals surface area contributed by atoms with Crippen LogP contribution in [0.5, 0.6) is 0 Å². The Bertz CT molecular complexity index is 230. The summed E-state index contributed by atoms with van der Waals surface area (Å²) in [4.78, 5) is 0. The summed E-state index contributed by atoms with van der Waals surface area (Å²) in [5.41, 5.74) is 5.42. The third-order valence-electron chi connectivity index (χ3n) is 2.05. The Morgan fingerprint density at radius 2 is 2.17 bits per heavy atom. The quantitative estimate of drug-likeness (QED) is 0.684. The second-order valence-electron chi connectivity index (χ2n) is 3.01. The zero-order valence-electron chi connectivity index (χ0n) is 7.06. The summed E-state index contributed by atoms with van der Waals surface area (Å²) in [6, 6.07) is 0. The van der Waals surface area contributed by atoms with Gasteiger partial charge in [0.2, 0.25) is 10.0 Å². The molecule has 0 unspecified atom stereocenters. The van der Waals surface area contributed by atoms with E-state index in [1.54, 1.807) is 0 Å². The number of halogens is 1. The van der Waals surface area contributed by atoms with Crippen molar-refractivity contribution in [2.45, 2.75) is 6.42 Å². The lowest BCUT2D eigenvalue weighted by Gasteiger charge is -2.11. The van der Waals surface area contributed by atoms with E-state index in [9.17, 15) is 8.42 Å². The summed E-state index contributed by atoms with van der Waals surface area (Å²) >= 11 is 0. The van der Waals surface area contributed by atoms with Crippen molar-refractivity contribution in [1.29, 1.82) is 0 Å². The normalized spacial score (nSPS) is 25.3. The van der Waals surface area contributed by atoms with Gasteiger partial charge >= 0.3 is 0 Å². The first-order valence-corrected chi connectivity index (χ1v) is 5.54. The van der Waals surface area contributed by atoms with Crippen molar-refractivity contribution >= 4 is 22.4 Å². The molecule has 0 amide bonds. The Morgan fingerprint density at radius 1 is 1.58 bits per heavy atom. The molecule has 1 saturated heterocycles. The molecule has 1 atom stereocenters. The van der Waals surface area contributed by atoms with Crippen molar-refractivity contribution in [3.63, 3.8) is 0 Å². The second-order valence-corrected chi connectivity index (χ2v) is 4.99. The number of sulfonamides is 1. The number of nitrogens with zero attached hydrogens (tertiary/aromatic N) is 1. The molecule has 0 spiro atoms. The Hall–Kier alpha value is 0.160. The number of hydrogen-bond donors (Lipinski definition) is 1. The van der Waals surface area contributed by atoms with Gasteiger partial charge in [0, 0.05) is 13.1 Å². The average molecular weight is 215 g/mol. The van der Waals surface area contributed by atoms with Crippen LogP contribution in [0, 0.1) is 5.92 Å². The van der Waals surface area contributed by atoms with Gasteiger partial charge in [0.1, 0.15) is 0 Å². The molecule has 0 aliphatic carbocycles. The van der Waals surface area contributed by atoms with Crippen molar-refractivity contribution in [2.24, 2.45) is 11.7 Å². The molecular formula is C6H15ClN2O2S. The lowest BCUT2D eigenvalue weighted by Crippen LogP contribution is -2.28. The molecule has 1 aliphatic rings. The van der Waals surface area contributed by atoms with Crippen LogP contribution in [-0.2, 0) is 10.0 Å². The van der Waals surface area contributed by atoms with Crippen molar-refractivity contribution in [2.75, 3.05) is 25.9 Å². The van der Waals surface area contributed by atoms with E-state index in [-0.39, 0.29) is 12.4 Å². The van der Waals surface area contributed by atoms with Crippen LogP contribution in [0.3, 0.4) is 0 Å². The third kappa shape index (κ3) is 2.90. The number of nitrogens with two attached hydrogens (primary N) is 1. The van der Waals surface area contributed by atoms with E-state index >= 15 is 0 Å². The minimum Gasteiger partial charge on any atom is -0.330 e. The van der Waals surface area contributed by atoms with Crippen LogP contribution >= 0.6 is 12.4 Å². The van der Waals surface area contributed by atoms with Crippen LogP contribution < -0.4 is 5.73 Å². The van der Waals surface area contributed by atoms with Gasteiger partial charge in [0.15, 0.2) is 0 Å². The van der Waals surface area contributed by atoms with Crippen molar-refractivity contribution < 1.29 is 8.42 Å². The predicted octanol–water partition coefficient (Wildman–Crippen LogP) is -0.352. The first-order valence-electron chi connectivity index (χ1n) is 3.69. The fourth-order valence-corrected chi connectivity index (χ4v) is 2.21. The topological polar surface area (TPSA) is 63.4 Å². The largest absolute Gasteiger partial charge is 0.330 e. The van der Waals surface area contributed by atoms with Crippen LogP contribution in [0.4, 0.5) is 0 Å². The molecule has 0 aromatic heterocycles. The lowest BCUT2D eigenvalue weighted by molar-refractivity contribution is 0.464. The fraction of sp³-hybridized carbons (Fsp3) is 1.00. The van der Waals surface area contributed by atoms with Gasteiger partial charge in [-0.25, -0.2) is 12.7 Å². The first kappa shape index (κ1) is 12.2. The highest BCUT2D eigenvalue weighted by Crippen LogP contribution is 2.16. The molecule has 74 valence electrons. The zero-order valence-corrected chi connectivity index (χ0v) is 8.70. The summed E-state index contributed by atoms with van der Waals surface area (Å²) in [7, 11) is -2.97. The highest BCUT2D eigenvalue weighted by atomic mass is 35.5. The van der Waals surface area contributed by atoms with Gasteiger partial charge in [-0.15, -0.1) is 12.4 Å². The molecule has 1 aliphatic heterocycles. The molecule has 0 aromatic carbocycles. The highest BCUT2D eigenvalue weighted by molar-refractivity contribution is 7.88. The first-order chi connectivity index (χ1) is 5.04. The van der Waals surface area contributed by atoms with E-state index < -0.39 is 10.0 Å². The average Bonchev–Trinajstić information content (AvgIpc) is 2.32. The summed E-state index contributed by atoms with van der Waals surface area (Å²) < 4.78 is 23.5. The molecule has 2 N–H and O–H groups in total. The summed E-state index contributed by atoms with van der Waals surface area (Å²) in [5, 5.41) is 0. The fourth-order valence-electron chi connectivity index (χ4n) is 1.29. The molecule has 12 heavy (non-hydrogen) atoms. The zero-order chi connectivity index (χ0) is 8.48. The molecule has 1 rings (SSSR count). The maximum Gasteiger partial charge on any atom is 0.211 e. The Morgan fingerprint density at radius 3 is 2.42 bits per heavy atom. The van der Waals surface area contributed by atoms with Crippen LogP contribution in [0.15, 0.2) is 0 Å². The van der Waals surface area contributed by atoms with Crippen molar-refractivity contribution in [3.05, 3.63) is 0 Å². The SMILES string of the molecule is CS(=O)(=O)N1CC[C@@H](CN)C1.Cl. The van der Waals surface area contributed by atoms with Crippen molar-refractivity contribution in [3.8, 4) is 0 Å². The monoisotopic (exact) mass is 214 g/mol. The summed E-state index contributed by atoms with van der Waals surface area (Å²) in [6.45, 7) is 1.84. The van der Waals surface area contributed by atoms with E-state index in [1.807, 2.05) is 0 Å². The molecule has 0 bridgehead atoms. The van der Waals surface area contributed by atoms with Gasteiger partial charge in [0.25, 0.3) is 0 Å². The molecule has 0 saturated carbocycles. The standard InChI is InChI=1S/C6H14N2O2S.ClH/c1-11(9,10)8-3-2-6(4-7)5-8;/h6H,2-5,7H2,1H3;1H/t6-;/m0./s1. The maximum atomic E-state index is 11.0. The lowest BCUT2D eigenvalue weighted by atomic mass is 10.1. The second kappa shape index (κ2) is 4.41. The summed E-state index contributed by atoms with van der Waals surface area (Å²) in [5.74, 6) is 0.365. The Labute approximate surface area is 79.6 Å². The van der Waals surface area contributed by atoms with Crippen LogP contribution in [0.2, 0.25) is 0 Å². The van der Waals surface area contributed by atoms with Crippen LogP contribution in [0.25, 0.3) is 0 Å². The third-order valence-corrected chi connectivity index (χ3v) is 3.32. The van der Waals surface area contributed by atoms with E-state index in [0.29, 0.717) is 25.6 Å². The summed E-state index contributed by atoms with van der Waals surface area (Å²) in [6.07, 6.45) is 2.15.